The van der Waals surface area contributed by atoms with Crippen LogP contribution in [0.25, 0.3) is 11.1 Å². The van der Waals surface area contributed by atoms with Crippen LogP contribution in [0, 0.1) is 0 Å². The maximum atomic E-state index is 12.8. The Balaban J connectivity index is 1.44. The second-order valence-electron chi connectivity index (χ2n) is 7.85. The highest BCUT2D eigenvalue weighted by Gasteiger charge is 2.12. The molecule has 0 unspecified atom stereocenters. The van der Waals surface area contributed by atoms with Crippen LogP contribution in [0.15, 0.2) is 91.0 Å². The van der Waals surface area contributed by atoms with Crippen molar-refractivity contribution in [1.29, 1.82) is 0 Å². The minimum absolute atomic E-state index is 0.215. The molecule has 4 rings (SSSR count). The third-order valence-electron chi connectivity index (χ3n) is 5.43. The van der Waals surface area contributed by atoms with Crippen LogP contribution in [0.3, 0.4) is 0 Å². The minimum Gasteiger partial charge on any atom is -0.493 e. The van der Waals surface area contributed by atoms with E-state index in [1.807, 2.05) is 49.4 Å². The van der Waals surface area contributed by atoms with E-state index in [0.717, 1.165) is 28.0 Å². The number of ether oxygens (including phenoxy) is 2. The first-order chi connectivity index (χ1) is 17.0. The summed E-state index contributed by atoms with van der Waals surface area (Å²) in [6.45, 7) is 2.99. The van der Waals surface area contributed by atoms with Crippen LogP contribution in [0.4, 0.5) is 0 Å². The second kappa shape index (κ2) is 11.8. The summed E-state index contributed by atoms with van der Waals surface area (Å²) in [5.41, 5.74) is 4.36. The van der Waals surface area contributed by atoms with E-state index in [1.54, 1.807) is 36.4 Å². The van der Waals surface area contributed by atoms with Crippen molar-refractivity contribution in [2.45, 2.75) is 20.1 Å². The monoisotopic (exact) mass is 505 g/mol. The lowest BCUT2D eigenvalue weighted by molar-refractivity contribution is 0.0950. The van der Waals surface area contributed by atoms with Crippen molar-refractivity contribution in [3.8, 4) is 22.6 Å². The van der Waals surface area contributed by atoms with Gasteiger partial charge in [-0.05, 0) is 66.1 Å². The fraction of sp³-hybridized carbons (Fsp3) is 0.138. The number of hydrogen-bond donors (Lipinski definition) is 1. The van der Waals surface area contributed by atoms with Crippen molar-refractivity contribution >= 4 is 29.1 Å². The summed E-state index contributed by atoms with van der Waals surface area (Å²) in [6.07, 6.45) is 0. The van der Waals surface area contributed by atoms with Gasteiger partial charge in [0.2, 0.25) is 0 Å². The molecule has 0 heterocycles. The Kier molecular flexibility index (Phi) is 8.30. The van der Waals surface area contributed by atoms with Crippen molar-refractivity contribution in [1.82, 2.24) is 5.32 Å². The maximum absolute atomic E-state index is 12.8. The van der Waals surface area contributed by atoms with E-state index in [1.165, 1.54) is 0 Å². The fourth-order valence-electron chi connectivity index (χ4n) is 3.61. The molecule has 0 saturated carbocycles. The Morgan fingerprint density at radius 3 is 2.26 bits per heavy atom. The largest absolute Gasteiger partial charge is 0.493 e. The van der Waals surface area contributed by atoms with Gasteiger partial charge in [0.25, 0.3) is 5.91 Å². The lowest BCUT2D eigenvalue weighted by atomic mass is 10.1. The van der Waals surface area contributed by atoms with Crippen molar-refractivity contribution in [3.05, 3.63) is 118 Å². The Labute approximate surface area is 215 Å². The first-order valence-electron chi connectivity index (χ1n) is 11.3. The van der Waals surface area contributed by atoms with Gasteiger partial charge < -0.3 is 14.8 Å². The van der Waals surface area contributed by atoms with Crippen molar-refractivity contribution in [2.24, 2.45) is 0 Å². The Morgan fingerprint density at radius 1 is 0.800 bits per heavy atom. The van der Waals surface area contributed by atoms with Crippen LogP contribution in [0.1, 0.15) is 28.4 Å². The molecule has 4 aromatic carbocycles. The average Bonchev–Trinajstić information content (AvgIpc) is 2.88. The molecule has 1 amide bonds. The molecular formula is C29H25Cl2NO3. The van der Waals surface area contributed by atoms with Gasteiger partial charge in [-0.3, -0.25) is 4.79 Å². The smallest absolute Gasteiger partial charge is 0.251 e. The second-order valence-corrected chi connectivity index (χ2v) is 8.70. The summed E-state index contributed by atoms with van der Waals surface area (Å²) < 4.78 is 11.8. The molecule has 0 aliphatic rings. The first-order valence-corrected chi connectivity index (χ1v) is 12.0. The topological polar surface area (TPSA) is 47.6 Å². The van der Waals surface area contributed by atoms with E-state index in [9.17, 15) is 4.79 Å². The van der Waals surface area contributed by atoms with Gasteiger partial charge in [0, 0.05) is 27.7 Å². The zero-order chi connectivity index (χ0) is 24.6. The predicted molar refractivity (Wildman–Crippen MR) is 141 cm³/mol. The molecule has 4 nitrogen and oxygen atoms in total. The molecular weight excluding hydrogens is 481 g/mol. The van der Waals surface area contributed by atoms with Crippen LogP contribution in [0.2, 0.25) is 10.0 Å². The third-order valence-corrected chi connectivity index (χ3v) is 6.02. The highest BCUT2D eigenvalue weighted by atomic mass is 35.5. The van der Waals surface area contributed by atoms with Crippen molar-refractivity contribution < 1.29 is 14.3 Å². The maximum Gasteiger partial charge on any atom is 0.251 e. The standard InChI is InChI=1S/C29H25Cl2NO3/c1-2-34-28-15-11-22(29(33)32-18-23-8-12-25(30)17-27(23)31)16-24(28)19-35-26-13-9-21(10-14-26)20-6-4-3-5-7-20/h3-17H,2,18-19H2,1H3,(H,32,33). The van der Waals surface area contributed by atoms with Gasteiger partial charge in [0.05, 0.1) is 6.61 Å². The van der Waals surface area contributed by atoms with Gasteiger partial charge in [-0.25, -0.2) is 0 Å². The summed E-state index contributed by atoms with van der Waals surface area (Å²) in [5, 5.41) is 3.96. The molecule has 0 atom stereocenters. The molecule has 0 bridgehead atoms. The third kappa shape index (κ3) is 6.56. The summed E-state index contributed by atoms with van der Waals surface area (Å²) in [6, 6.07) is 28.6. The number of amides is 1. The zero-order valence-corrected chi connectivity index (χ0v) is 20.8. The Morgan fingerprint density at radius 2 is 1.54 bits per heavy atom. The molecule has 0 aromatic heterocycles. The number of rotatable bonds is 9. The average molecular weight is 506 g/mol. The molecule has 35 heavy (non-hydrogen) atoms. The van der Waals surface area contributed by atoms with Gasteiger partial charge in [0.15, 0.2) is 0 Å². The normalized spacial score (nSPS) is 10.6. The molecule has 6 heteroatoms. The molecule has 4 aromatic rings. The highest BCUT2D eigenvalue weighted by Crippen LogP contribution is 2.26. The van der Waals surface area contributed by atoms with Crippen LogP contribution in [-0.4, -0.2) is 12.5 Å². The van der Waals surface area contributed by atoms with Crippen molar-refractivity contribution in [2.75, 3.05) is 6.61 Å². The quantitative estimate of drug-likeness (QED) is 0.255. The molecule has 0 spiro atoms. The van der Waals surface area contributed by atoms with E-state index in [4.69, 9.17) is 32.7 Å². The number of hydrogen-bond acceptors (Lipinski definition) is 3. The first kappa shape index (κ1) is 24.6. The molecule has 178 valence electrons. The van der Waals surface area contributed by atoms with Gasteiger partial charge in [-0.15, -0.1) is 0 Å². The van der Waals surface area contributed by atoms with Gasteiger partial charge in [0.1, 0.15) is 18.1 Å². The number of nitrogens with one attached hydrogen (secondary N) is 1. The summed E-state index contributed by atoms with van der Waals surface area (Å²) in [4.78, 5) is 12.8. The summed E-state index contributed by atoms with van der Waals surface area (Å²) >= 11 is 12.2. The van der Waals surface area contributed by atoms with Gasteiger partial charge in [-0.2, -0.15) is 0 Å². The molecule has 0 fully saturated rings. The Hall–Kier alpha value is -3.47. The molecule has 0 saturated heterocycles. The van der Waals surface area contributed by atoms with Gasteiger partial charge in [-0.1, -0.05) is 71.7 Å². The van der Waals surface area contributed by atoms with Crippen LogP contribution in [-0.2, 0) is 13.2 Å². The number of carbonyl (C=O) groups is 1. The Bertz CT molecular complexity index is 1290. The van der Waals surface area contributed by atoms with Crippen molar-refractivity contribution in [3.63, 3.8) is 0 Å². The lowest BCUT2D eigenvalue weighted by Crippen LogP contribution is -2.23. The number of benzene rings is 4. The molecule has 0 aliphatic carbocycles. The van der Waals surface area contributed by atoms with E-state index >= 15 is 0 Å². The minimum atomic E-state index is -0.215. The highest BCUT2D eigenvalue weighted by molar-refractivity contribution is 6.35. The summed E-state index contributed by atoms with van der Waals surface area (Å²) in [7, 11) is 0. The molecule has 0 radical (unpaired) electrons. The van der Waals surface area contributed by atoms with Crippen LogP contribution < -0.4 is 14.8 Å². The van der Waals surface area contributed by atoms with E-state index in [-0.39, 0.29) is 12.5 Å². The van der Waals surface area contributed by atoms with Crippen LogP contribution in [0.5, 0.6) is 11.5 Å². The molecule has 1 N–H and O–H groups in total. The lowest BCUT2D eigenvalue weighted by Gasteiger charge is -2.14. The van der Waals surface area contributed by atoms with Crippen LogP contribution >= 0.6 is 23.2 Å². The summed E-state index contributed by atoms with van der Waals surface area (Å²) in [5.74, 6) is 1.21. The van der Waals surface area contributed by atoms with Gasteiger partial charge >= 0.3 is 0 Å². The fourth-order valence-corrected chi connectivity index (χ4v) is 4.08. The zero-order valence-electron chi connectivity index (χ0n) is 19.3. The predicted octanol–water partition coefficient (Wildman–Crippen LogP) is 7.57. The van der Waals surface area contributed by atoms with E-state index < -0.39 is 0 Å². The van der Waals surface area contributed by atoms with E-state index in [2.05, 4.69) is 17.4 Å². The SMILES string of the molecule is CCOc1ccc(C(=O)NCc2ccc(Cl)cc2Cl)cc1COc1ccc(-c2ccccc2)cc1. The number of halogens is 2. The number of carbonyl (C=O) groups excluding carboxylic acids is 1. The van der Waals surface area contributed by atoms with E-state index in [0.29, 0.717) is 34.5 Å². The molecule has 0 aliphatic heterocycles.